The summed E-state index contributed by atoms with van der Waals surface area (Å²) in [5.74, 6) is -0.0525. The minimum absolute atomic E-state index is 0.0525. The number of hydrogen-bond donors (Lipinski definition) is 1. The van der Waals surface area contributed by atoms with Crippen LogP contribution in [0.4, 0.5) is 0 Å². The lowest BCUT2D eigenvalue weighted by Gasteiger charge is -2.16. The Bertz CT molecular complexity index is 349. The summed E-state index contributed by atoms with van der Waals surface area (Å²) < 4.78 is 4.96. The van der Waals surface area contributed by atoms with Gasteiger partial charge in [0.15, 0.2) is 0 Å². The van der Waals surface area contributed by atoms with E-state index in [9.17, 15) is 4.79 Å². The van der Waals surface area contributed by atoms with E-state index in [1.165, 1.54) is 16.9 Å². The molecule has 3 nitrogen and oxygen atoms in total. The number of aryl methyl sites for hydroxylation is 1. The first kappa shape index (κ1) is 13.2. The van der Waals surface area contributed by atoms with Crippen LogP contribution in [0, 0.1) is 6.92 Å². The van der Waals surface area contributed by atoms with E-state index in [1.54, 1.807) is 18.3 Å². The van der Waals surface area contributed by atoms with Crippen LogP contribution in [0.5, 0.6) is 0 Å². The maximum Gasteiger partial charge on any atom is 0.249 e. The average Bonchev–Trinajstić information content (AvgIpc) is 2.62. The van der Waals surface area contributed by atoms with Crippen LogP contribution in [0.15, 0.2) is 12.1 Å². The molecule has 1 aromatic heterocycles. The molecule has 2 unspecified atom stereocenters. The van der Waals surface area contributed by atoms with Crippen molar-refractivity contribution in [3.8, 4) is 0 Å². The normalized spacial score (nSPS) is 14.5. The number of ether oxygens (including phenoxy) is 1. The molecule has 0 aliphatic carbocycles. The number of rotatable bonds is 5. The molecular weight excluding hydrogens is 222 g/mol. The topological polar surface area (TPSA) is 38.3 Å². The van der Waals surface area contributed by atoms with Crippen LogP contribution in [-0.2, 0) is 16.0 Å². The zero-order valence-corrected chi connectivity index (χ0v) is 11.1. The molecule has 0 saturated heterocycles. The number of methoxy groups -OCH3 is 1. The van der Waals surface area contributed by atoms with Crippen LogP contribution in [-0.4, -0.2) is 25.2 Å². The number of nitrogens with one attached hydrogen (secondary N) is 1. The summed E-state index contributed by atoms with van der Waals surface area (Å²) in [6.45, 7) is 5.84. The van der Waals surface area contributed by atoms with Crippen molar-refractivity contribution in [3.05, 3.63) is 21.9 Å². The van der Waals surface area contributed by atoms with Crippen molar-refractivity contribution in [2.75, 3.05) is 7.11 Å². The molecule has 2 atom stereocenters. The Morgan fingerprint density at radius 2 is 2.19 bits per heavy atom. The molecule has 1 N–H and O–H groups in total. The Balaban J connectivity index is 2.41. The zero-order chi connectivity index (χ0) is 12.1. The first-order valence-electron chi connectivity index (χ1n) is 5.41. The lowest BCUT2D eigenvalue weighted by atomic mass is 10.2. The standard InChI is InChI=1S/C12H19NO2S/c1-8(13-12(14)10(3)15-4)7-11-6-5-9(2)16-11/h5-6,8,10H,7H2,1-4H3,(H,13,14). The maximum atomic E-state index is 11.5. The van der Waals surface area contributed by atoms with Crippen molar-refractivity contribution >= 4 is 17.2 Å². The zero-order valence-electron chi connectivity index (χ0n) is 10.2. The van der Waals surface area contributed by atoms with Gasteiger partial charge < -0.3 is 10.1 Å². The molecule has 1 amide bonds. The highest BCUT2D eigenvalue weighted by atomic mass is 32.1. The summed E-state index contributed by atoms with van der Waals surface area (Å²) in [7, 11) is 1.54. The molecule has 4 heteroatoms. The molecule has 0 radical (unpaired) electrons. The van der Waals surface area contributed by atoms with Crippen LogP contribution in [0.1, 0.15) is 23.6 Å². The summed E-state index contributed by atoms with van der Waals surface area (Å²) in [6, 6.07) is 4.36. The van der Waals surface area contributed by atoms with Crippen molar-refractivity contribution in [2.24, 2.45) is 0 Å². The predicted molar refractivity (Wildman–Crippen MR) is 66.8 cm³/mol. The molecule has 0 saturated carbocycles. The molecule has 0 bridgehead atoms. The second-order valence-corrected chi connectivity index (χ2v) is 5.38. The minimum atomic E-state index is -0.382. The highest BCUT2D eigenvalue weighted by Gasteiger charge is 2.14. The Kier molecular flexibility index (Phi) is 4.96. The lowest BCUT2D eigenvalue weighted by Crippen LogP contribution is -2.40. The van der Waals surface area contributed by atoms with E-state index in [-0.39, 0.29) is 18.1 Å². The monoisotopic (exact) mass is 241 g/mol. The third kappa shape index (κ3) is 3.94. The number of carbonyl (C=O) groups excluding carboxylic acids is 1. The fraction of sp³-hybridized carbons (Fsp3) is 0.583. The summed E-state index contributed by atoms with van der Waals surface area (Å²) in [5, 5.41) is 2.93. The van der Waals surface area contributed by atoms with E-state index in [4.69, 9.17) is 4.74 Å². The van der Waals surface area contributed by atoms with Gasteiger partial charge in [-0.25, -0.2) is 0 Å². The molecule has 0 aromatic carbocycles. The van der Waals surface area contributed by atoms with Crippen molar-refractivity contribution in [3.63, 3.8) is 0 Å². The van der Waals surface area contributed by atoms with Crippen molar-refractivity contribution in [2.45, 2.75) is 39.3 Å². The van der Waals surface area contributed by atoms with Crippen molar-refractivity contribution in [1.29, 1.82) is 0 Å². The smallest absolute Gasteiger partial charge is 0.249 e. The number of amides is 1. The van der Waals surface area contributed by atoms with Gasteiger partial charge in [0.1, 0.15) is 6.10 Å². The van der Waals surface area contributed by atoms with Crippen LogP contribution in [0.2, 0.25) is 0 Å². The molecule has 0 fully saturated rings. The van der Waals surface area contributed by atoms with E-state index in [2.05, 4.69) is 24.4 Å². The van der Waals surface area contributed by atoms with Crippen molar-refractivity contribution in [1.82, 2.24) is 5.32 Å². The highest BCUT2D eigenvalue weighted by molar-refractivity contribution is 7.11. The second kappa shape index (κ2) is 6.01. The van der Waals surface area contributed by atoms with Gasteiger partial charge in [0.2, 0.25) is 5.91 Å². The Morgan fingerprint density at radius 3 is 2.69 bits per heavy atom. The maximum absolute atomic E-state index is 11.5. The van der Waals surface area contributed by atoms with Crippen LogP contribution in [0.25, 0.3) is 0 Å². The van der Waals surface area contributed by atoms with Gasteiger partial charge in [0, 0.05) is 29.3 Å². The van der Waals surface area contributed by atoms with E-state index < -0.39 is 0 Å². The fourth-order valence-corrected chi connectivity index (χ4v) is 2.43. The molecule has 0 aliphatic heterocycles. The van der Waals surface area contributed by atoms with E-state index in [1.807, 2.05) is 6.92 Å². The summed E-state index contributed by atoms with van der Waals surface area (Å²) in [5.41, 5.74) is 0. The van der Waals surface area contributed by atoms with Crippen LogP contribution in [0.3, 0.4) is 0 Å². The van der Waals surface area contributed by atoms with Gasteiger partial charge in [-0.3, -0.25) is 4.79 Å². The quantitative estimate of drug-likeness (QED) is 0.857. The third-order valence-electron chi connectivity index (χ3n) is 2.41. The molecule has 0 spiro atoms. The van der Waals surface area contributed by atoms with Gasteiger partial charge in [-0.2, -0.15) is 0 Å². The number of hydrogen-bond acceptors (Lipinski definition) is 3. The first-order valence-corrected chi connectivity index (χ1v) is 6.23. The average molecular weight is 241 g/mol. The van der Waals surface area contributed by atoms with Crippen molar-refractivity contribution < 1.29 is 9.53 Å². The Morgan fingerprint density at radius 1 is 1.50 bits per heavy atom. The van der Waals surface area contributed by atoms with Gasteiger partial charge in [-0.1, -0.05) is 0 Å². The molecule has 1 aromatic rings. The van der Waals surface area contributed by atoms with Gasteiger partial charge in [0.05, 0.1) is 0 Å². The Hall–Kier alpha value is -0.870. The lowest BCUT2D eigenvalue weighted by molar-refractivity contribution is -0.130. The van der Waals surface area contributed by atoms with E-state index in [0.29, 0.717) is 0 Å². The molecule has 16 heavy (non-hydrogen) atoms. The van der Waals surface area contributed by atoms with Gasteiger partial charge in [0.25, 0.3) is 0 Å². The highest BCUT2D eigenvalue weighted by Crippen LogP contribution is 2.16. The molecule has 1 rings (SSSR count). The Labute approximate surface area is 101 Å². The van der Waals surface area contributed by atoms with Crippen LogP contribution >= 0.6 is 11.3 Å². The number of thiophene rings is 1. The minimum Gasteiger partial charge on any atom is -0.372 e. The second-order valence-electron chi connectivity index (χ2n) is 4.00. The summed E-state index contributed by atoms with van der Waals surface area (Å²) in [4.78, 5) is 14.2. The van der Waals surface area contributed by atoms with E-state index >= 15 is 0 Å². The van der Waals surface area contributed by atoms with Gasteiger partial charge in [-0.15, -0.1) is 11.3 Å². The first-order chi connectivity index (χ1) is 7.52. The third-order valence-corrected chi connectivity index (χ3v) is 3.44. The summed E-state index contributed by atoms with van der Waals surface area (Å²) in [6.07, 6.45) is 0.494. The SMILES string of the molecule is COC(C)C(=O)NC(C)Cc1ccc(C)s1. The summed E-state index contributed by atoms with van der Waals surface area (Å²) >= 11 is 1.77. The van der Waals surface area contributed by atoms with Gasteiger partial charge in [-0.05, 0) is 32.9 Å². The fourth-order valence-electron chi connectivity index (χ4n) is 1.41. The predicted octanol–water partition coefficient (Wildman–Crippen LogP) is 2.14. The largest absolute Gasteiger partial charge is 0.372 e. The molecule has 0 aliphatic rings. The molecule has 90 valence electrons. The molecular formula is C12H19NO2S. The van der Waals surface area contributed by atoms with E-state index in [0.717, 1.165) is 6.42 Å². The number of carbonyl (C=O) groups is 1. The molecule has 1 heterocycles. The van der Waals surface area contributed by atoms with Crippen LogP contribution < -0.4 is 5.32 Å². The van der Waals surface area contributed by atoms with Gasteiger partial charge >= 0.3 is 0 Å².